The normalized spacial score (nSPS) is 14.1. The maximum absolute atomic E-state index is 11.1. The first-order valence-corrected chi connectivity index (χ1v) is 4.09. The summed E-state index contributed by atoms with van der Waals surface area (Å²) in [6.45, 7) is 7.59. The second-order valence-corrected chi connectivity index (χ2v) is 3.64. The lowest BCUT2D eigenvalue weighted by molar-refractivity contribution is -0.142. The van der Waals surface area contributed by atoms with Crippen molar-refractivity contribution in [3.63, 3.8) is 0 Å². The zero-order chi connectivity index (χ0) is 9.78. The molecule has 72 valence electrons. The second kappa shape index (κ2) is 4.42. The van der Waals surface area contributed by atoms with Gasteiger partial charge in [-0.1, -0.05) is 6.92 Å². The minimum atomic E-state index is -0.449. The van der Waals surface area contributed by atoms with E-state index >= 15 is 0 Å². The molecule has 0 aliphatic carbocycles. The van der Waals surface area contributed by atoms with Crippen molar-refractivity contribution < 1.29 is 9.53 Å². The summed E-state index contributed by atoms with van der Waals surface area (Å²) in [5, 5.41) is 0. The van der Waals surface area contributed by atoms with Crippen LogP contribution in [0, 0.1) is 0 Å². The number of ether oxygens (including phenoxy) is 1. The van der Waals surface area contributed by atoms with Crippen LogP contribution in [-0.4, -0.2) is 17.6 Å². The van der Waals surface area contributed by atoms with Crippen molar-refractivity contribution in [2.75, 3.05) is 0 Å². The number of hydrogen-bond acceptors (Lipinski definition) is 3. The van der Waals surface area contributed by atoms with Crippen molar-refractivity contribution in [1.82, 2.24) is 5.43 Å². The van der Waals surface area contributed by atoms with Gasteiger partial charge in [-0.3, -0.25) is 10.2 Å². The standard InChI is InChI=1S/C8H18N2O2/c1-5-6(7(11)10-9)12-8(2,3)4/h6H,5,9H2,1-4H3,(H,10,11). The smallest absolute Gasteiger partial charge is 0.263 e. The van der Waals surface area contributed by atoms with E-state index in [1.54, 1.807) is 0 Å². The van der Waals surface area contributed by atoms with Crippen LogP contribution in [0.2, 0.25) is 0 Å². The van der Waals surface area contributed by atoms with E-state index in [4.69, 9.17) is 10.6 Å². The average molecular weight is 174 g/mol. The van der Waals surface area contributed by atoms with Crippen LogP contribution in [0.4, 0.5) is 0 Å². The highest BCUT2D eigenvalue weighted by Crippen LogP contribution is 2.12. The van der Waals surface area contributed by atoms with Crippen LogP contribution in [0.25, 0.3) is 0 Å². The van der Waals surface area contributed by atoms with Gasteiger partial charge in [0.15, 0.2) is 0 Å². The van der Waals surface area contributed by atoms with Gasteiger partial charge in [-0.25, -0.2) is 5.84 Å². The molecule has 0 saturated carbocycles. The van der Waals surface area contributed by atoms with Crippen LogP contribution in [0.3, 0.4) is 0 Å². The van der Waals surface area contributed by atoms with Crippen LogP contribution in [0.15, 0.2) is 0 Å². The molecule has 12 heavy (non-hydrogen) atoms. The van der Waals surface area contributed by atoms with Crippen molar-refractivity contribution in [1.29, 1.82) is 0 Å². The third kappa shape index (κ3) is 4.31. The molecule has 0 aliphatic heterocycles. The first-order valence-electron chi connectivity index (χ1n) is 4.09. The Kier molecular flexibility index (Phi) is 4.20. The first-order chi connectivity index (χ1) is 5.40. The highest BCUT2D eigenvalue weighted by atomic mass is 16.5. The van der Waals surface area contributed by atoms with Crippen molar-refractivity contribution in [2.45, 2.75) is 45.8 Å². The van der Waals surface area contributed by atoms with Crippen LogP contribution in [-0.2, 0) is 9.53 Å². The van der Waals surface area contributed by atoms with E-state index in [9.17, 15) is 4.79 Å². The summed E-state index contributed by atoms with van der Waals surface area (Å²) in [6, 6.07) is 0. The molecule has 0 fully saturated rings. The molecular formula is C8H18N2O2. The molecule has 0 aromatic heterocycles. The fourth-order valence-electron chi connectivity index (χ4n) is 0.842. The minimum Gasteiger partial charge on any atom is -0.363 e. The molecule has 4 nitrogen and oxygen atoms in total. The van der Waals surface area contributed by atoms with Gasteiger partial charge in [0.2, 0.25) is 0 Å². The summed E-state index contributed by atoms with van der Waals surface area (Å²) in [5.41, 5.74) is 1.76. The van der Waals surface area contributed by atoms with Gasteiger partial charge in [0.05, 0.1) is 5.60 Å². The maximum atomic E-state index is 11.1. The largest absolute Gasteiger partial charge is 0.363 e. The molecule has 1 atom stereocenters. The molecule has 0 aromatic carbocycles. The number of carbonyl (C=O) groups excluding carboxylic acids is 1. The zero-order valence-electron chi connectivity index (χ0n) is 8.18. The molecule has 0 rings (SSSR count). The van der Waals surface area contributed by atoms with Gasteiger partial charge in [-0.05, 0) is 27.2 Å². The molecule has 0 heterocycles. The van der Waals surface area contributed by atoms with Gasteiger partial charge >= 0.3 is 0 Å². The first kappa shape index (κ1) is 11.4. The average Bonchev–Trinajstić information content (AvgIpc) is 1.97. The molecule has 0 radical (unpaired) electrons. The molecule has 1 unspecified atom stereocenters. The SMILES string of the molecule is CCC(OC(C)(C)C)C(=O)NN. The van der Waals surface area contributed by atoms with E-state index in [-0.39, 0.29) is 11.5 Å². The third-order valence-electron chi connectivity index (χ3n) is 1.30. The summed E-state index contributed by atoms with van der Waals surface area (Å²) in [4.78, 5) is 11.1. The molecule has 0 saturated heterocycles. The predicted octanol–water partition coefficient (Wildman–Crippen LogP) is 0.570. The van der Waals surface area contributed by atoms with Gasteiger partial charge < -0.3 is 4.74 Å². The summed E-state index contributed by atoms with van der Waals surface area (Å²) < 4.78 is 5.45. The highest BCUT2D eigenvalue weighted by Gasteiger charge is 2.22. The van der Waals surface area contributed by atoms with Crippen molar-refractivity contribution in [3.05, 3.63) is 0 Å². The molecule has 0 bridgehead atoms. The summed E-state index contributed by atoms with van der Waals surface area (Å²) in [7, 11) is 0. The Balaban J connectivity index is 4.09. The topological polar surface area (TPSA) is 64.3 Å². The Morgan fingerprint density at radius 3 is 2.33 bits per heavy atom. The number of nitrogens with two attached hydrogens (primary N) is 1. The van der Waals surface area contributed by atoms with E-state index in [1.807, 2.05) is 27.7 Å². The van der Waals surface area contributed by atoms with Crippen LogP contribution in [0.1, 0.15) is 34.1 Å². The minimum absolute atomic E-state index is 0.271. The molecule has 3 N–H and O–H groups in total. The Labute approximate surface area is 73.4 Å². The van der Waals surface area contributed by atoms with E-state index in [2.05, 4.69) is 5.43 Å². The maximum Gasteiger partial charge on any atom is 0.263 e. The van der Waals surface area contributed by atoms with Gasteiger partial charge in [0.1, 0.15) is 6.10 Å². The fourth-order valence-corrected chi connectivity index (χ4v) is 0.842. The number of nitrogens with one attached hydrogen (secondary N) is 1. The number of hydrogen-bond donors (Lipinski definition) is 2. The van der Waals surface area contributed by atoms with E-state index < -0.39 is 6.10 Å². The van der Waals surface area contributed by atoms with Crippen molar-refractivity contribution in [2.24, 2.45) is 5.84 Å². The molecule has 0 aliphatic rings. The molecule has 1 amide bonds. The number of hydrazine groups is 1. The Hall–Kier alpha value is -0.610. The van der Waals surface area contributed by atoms with Crippen molar-refractivity contribution in [3.8, 4) is 0 Å². The monoisotopic (exact) mass is 174 g/mol. The lowest BCUT2D eigenvalue weighted by Crippen LogP contribution is -2.43. The predicted molar refractivity (Wildman–Crippen MR) is 47.2 cm³/mol. The van der Waals surface area contributed by atoms with Crippen LogP contribution in [0.5, 0.6) is 0 Å². The quantitative estimate of drug-likeness (QED) is 0.373. The zero-order valence-corrected chi connectivity index (χ0v) is 8.18. The van der Waals surface area contributed by atoms with Gasteiger partial charge in [-0.2, -0.15) is 0 Å². The van der Waals surface area contributed by atoms with Crippen LogP contribution < -0.4 is 11.3 Å². The van der Waals surface area contributed by atoms with E-state index in [0.717, 1.165) is 0 Å². The van der Waals surface area contributed by atoms with Gasteiger partial charge in [-0.15, -0.1) is 0 Å². The van der Waals surface area contributed by atoms with Crippen molar-refractivity contribution >= 4 is 5.91 Å². The van der Waals surface area contributed by atoms with E-state index in [0.29, 0.717) is 6.42 Å². The number of rotatable bonds is 3. The van der Waals surface area contributed by atoms with Gasteiger partial charge in [0, 0.05) is 0 Å². The molecular weight excluding hydrogens is 156 g/mol. The lowest BCUT2D eigenvalue weighted by atomic mass is 10.1. The number of carbonyl (C=O) groups is 1. The molecule has 0 spiro atoms. The lowest BCUT2D eigenvalue weighted by Gasteiger charge is -2.25. The summed E-state index contributed by atoms with van der Waals surface area (Å²) in [6.07, 6.45) is 0.176. The van der Waals surface area contributed by atoms with E-state index in [1.165, 1.54) is 0 Å². The van der Waals surface area contributed by atoms with Gasteiger partial charge in [0.25, 0.3) is 5.91 Å². The Morgan fingerprint density at radius 1 is 1.58 bits per heavy atom. The Bertz CT molecular complexity index is 152. The molecule has 0 aromatic rings. The number of amides is 1. The summed E-state index contributed by atoms with van der Waals surface area (Å²) >= 11 is 0. The Morgan fingerprint density at radius 2 is 2.08 bits per heavy atom. The fraction of sp³-hybridized carbons (Fsp3) is 0.875. The second-order valence-electron chi connectivity index (χ2n) is 3.64. The molecule has 4 heteroatoms. The van der Waals surface area contributed by atoms with Crippen LogP contribution >= 0.6 is 0 Å². The highest BCUT2D eigenvalue weighted by molar-refractivity contribution is 5.80. The summed E-state index contributed by atoms with van der Waals surface area (Å²) in [5.74, 6) is 4.72. The third-order valence-corrected chi connectivity index (χ3v) is 1.30.